The summed E-state index contributed by atoms with van der Waals surface area (Å²) < 4.78 is 0. The van der Waals surface area contributed by atoms with Gasteiger partial charge in [-0.15, -0.1) is 0 Å². The lowest BCUT2D eigenvalue weighted by molar-refractivity contribution is -0.122. The number of hydrogen-bond donors (Lipinski definition) is 1. The van der Waals surface area contributed by atoms with Crippen LogP contribution in [-0.4, -0.2) is 23.5 Å². The Labute approximate surface area is 83.8 Å². The van der Waals surface area contributed by atoms with Crippen LogP contribution in [0.1, 0.15) is 32.1 Å². The van der Waals surface area contributed by atoms with Gasteiger partial charge in [0, 0.05) is 17.2 Å². The van der Waals surface area contributed by atoms with Gasteiger partial charge in [0.2, 0.25) is 5.91 Å². The van der Waals surface area contributed by atoms with Crippen LogP contribution in [0.15, 0.2) is 0 Å². The molecule has 0 saturated heterocycles. The number of thioether (sulfide) groups is 1. The number of hydrogen-bond acceptors (Lipinski definition) is 2. The first-order chi connectivity index (χ1) is 6.31. The molecule has 13 heavy (non-hydrogen) atoms. The third kappa shape index (κ3) is 2.19. The van der Waals surface area contributed by atoms with Gasteiger partial charge in [-0.3, -0.25) is 4.79 Å². The number of nitrogens with one attached hydrogen (secondary N) is 1. The van der Waals surface area contributed by atoms with E-state index in [0.29, 0.717) is 23.1 Å². The maximum absolute atomic E-state index is 11.5. The highest BCUT2D eigenvalue weighted by atomic mass is 32.2. The summed E-state index contributed by atoms with van der Waals surface area (Å²) >= 11 is 1.90. The third-order valence-electron chi connectivity index (χ3n) is 3.03. The molecular weight excluding hydrogens is 182 g/mol. The van der Waals surface area contributed by atoms with E-state index in [2.05, 4.69) is 11.6 Å². The van der Waals surface area contributed by atoms with Crippen LogP contribution in [0.4, 0.5) is 0 Å². The van der Waals surface area contributed by atoms with Crippen molar-refractivity contribution < 1.29 is 4.79 Å². The largest absolute Gasteiger partial charge is 0.352 e. The van der Waals surface area contributed by atoms with Gasteiger partial charge in [0.05, 0.1) is 0 Å². The van der Waals surface area contributed by atoms with Crippen LogP contribution in [0.5, 0.6) is 0 Å². The molecule has 1 N–H and O–H groups in total. The molecule has 0 aromatic rings. The van der Waals surface area contributed by atoms with E-state index < -0.39 is 0 Å². The molecule has 2 unspecified atom stereocenters. The van der Waals surface area contributed by atoms with Gasteiger partial charge >= 0.3 is 0 Å². The summed E-state index contributed by atoms with van der Waals surface area (Å²) in [4.78, 5) is 11.5. The van der Waals surface area contributed by atoms with Crippen LogP contribution in [-0.2, 0) is 4.79 Å². The molecule has 1 amide bonds. The molecule has 0 aromatic carbocycles. The molecule has 2 saturated carbocycles. The summed E-state index contributed by atoms with van der Waals surface area (Å²) in [6.07, 6.45) is 8.11. The predicted octanol–water partition coefficient (Wildman–Crippen LogP) is 1.80. The molecule has 0 aromatic heterocycles. The molecule has 2 aliphatic carbocycles. The third-order valence-corrected chi connectivity index (χ3v) is 4.20. The zero-order valence-electron chi connectivity index (χ0n) is 8.08. The van der Waals surface area contributed by atoms with Crippen molar-refractivity contribution >= 4 is 17.7 Å². The van der Waals surface area contributed by atoms with Gasteiger partial charge in [0.25, 0.3) is 0 Å². The molecule has 2 nitrogen and oxygen atoms in total. The summed E-state index contributed by atoms with van der Waals surface area (Å²) in [6, 6.07) is 0.461. The first-order valence-corrected chi connectivity index (χ1v) is 6.43. The molecule has 0 heterocycles. The van der Waals surface area contributed by atoms with Gasteiger partial charge in [-0.25, -0.2) is 0 Å². The van der Waals surface area contributed by atoms with Crippen molar-refractivity contribution in [2.75, 3.05) is 6.26 Å². The maximum atomic E-state index is 11.5. The van der Waals surface area contributed by atoms with E-state index in [1.165, 1.54) is 19.3 Å². The zero-order valence-corrected chi connectivity index (χ0v) is 8.90. The Morgan fingerprint density at radius 2 is 2.08 bits per heavy atom. The van der Waals surface area contributed by atoms with Crippen LogP contribution in [0.2, 0.25) is 0 Å². The van der Waals surface area contributed by atoms with E-state index >= 15 is 0 Å². The minimum atomic E-state index is 0.311. The number of carbonyl (C=O) groups excluding carboxylic acids is 1. The van der Waals surface area contributed by atoms with E-state index in [1.54, 1.807) is 0 Å². The quantitative estimate of drug-likeness (QED) is 0.751. The maximum Gasteiger partial charge on any atom is 0.223 e. The second-order valence-electron chi connectivity index (χ2n) is 4.09. The normalized spacial score (nSPS) is 33.3. The lowest BCUT2D eigenvalue weighted by Crippen LogP contribution is -2.39. The van der Waals surface area contributed by atoms with Gasteiger partial charge in [0.15, 0.2) is 0 Å². The average Bonchev–Trinajstić information content (AvgIpc) is 2.88. The van der Waals surface area contributed by atoms with Crippen molar-refractivity contribution in [2.45, 2.75) is 43.4 Å². The minimum absolute atomic E-state index is 0.311. The van der Waals surface area contributed by atoms with Gasteiger partial charge < -0.3 is 5.32 Å². The highest BCUT2D eigenvalue weighted by molar-refractivity contribution is 7.99. The van der Waals surface area contributed by atoms with Crippen LogP contribution in [0, 0.1) is 5.92 Å². The van der Waals surface area contributed by atoms with E-state index in [1.807, 2.05) is 11.8 Å². The summed E-state index contributed by atoms with van der Waals surface area (Å²) in [5.41, 5.74) is 0. The van der Waals surface area contributed by atoms with Crippen molar-refractivity contribution in [3.05, 3.63) is 0 Å². The summed E-state index contributed by atoms with van der Waals surface area (Å²) in [5, 5.41) is 3.85. The highest BCUT2D eigenvalue weighted by Gasteiger charge is 2.34. The van der Waals surface area contributed by atoms with Crippen molar-refractivity contribution in [1.82, 2.24) is 5.32 Å². The average molecular weight is 199 g/mol. The lowest BCUT2D eigenvalue weighted by Gasteiger charge is -2.18. The Kier molecular flexibility index (Phi) is 2.82. The van der Waals surface area contributed by atoms with Crippen molar-refractivity contribution in [2.24, 2.45) is 5.92 Å². The first kappa shape index (κ1) is 9.38. The standard InChI is InChI=1S/C10H17NOS/c1-13-9-4-2-3-8(9)11-10(12)7-5-6-7/h7-9H,2-6H2,1H3,(H,11,12). The molecule has 0 bridgehead atoms. The number of amides is 1. The molecule has 0 aliphatic heterocycles. The lowest BCUT2D eigenvalue weighted by atomic mass is 10.2. The van der Waals surface area contributed by atoms with Gasteiger partial charge in [-0.1, -0.05) is 6.42 Å². The van der Waals surface area contributed by atoms with E-state index in [9.17, 15) is 4.79 Å². The summed E-state index contributed by atoms with van der Waals surface area (Å²) in [5.74, 6) is 0.675. The molecular formula is C10H17NOS. The molecule has 74 valence electrons. The van der Waals surface area contributed by atoms with Gasteiger partial charge in [0.1, 0.15) is 0 Å². The number of carbonyl (C=O) groups is 1. The molecule has 3 heteroatoms. The highest BCUT2D eigenvalue weighted by Crippen LogP contribution is 2.32. The fourth-order valence-electron chi connectivity index (χ4n) is 2.02. The van der Waals surface area contributed by atoms with E-state index in [0.717, 1.165) is 12.8 Å². The smallest absolute Gasteiger partial charge is 0.223 e. The Morgan fingerprint density at radius 3 is 2.69 bits per heavy atom. The van der Waals surface area contributed by atoms with Crippen LogP contribution < -0.4 is 5.32 Å². The molecule has 2 rings (SSSR count). The molecule has 2 atom stereocenters. The van der Waals surface area contributed by atoms with Gasteiger partial charge in [-0.2, -0.15) is 11.8 Å². The fourth-order valence-corrected chi connectivity index (χ4v) is 2.95. The second kappa shape index (κ2) is 3.91. The van der Waals surface area contributed by atoms with Crippen molar-refractivity contribution in [3.63, 3.8) is 0 Å². The molecule has 2 aliphatic rings. The van der Waals surface area contributed by atoms with Crippen LogP contribution >= 0.6 is 11.8 Å². The Hall–Kier alpha value is -0.180. The molecule has 2 fully saturated rings. The monoisotopic (exact) mass is 199 g/mol. The minimum Gasteiger partial charge on any atom is -0.352 e. The Bertz CT molecular complexity index is 203. The Balaban J connectivity index is 1.82. The van der Waals surface area contributed by atoms with E-state index in [-0.39, 0.29) is 0 Å². The predicted molar refractivity (Wildman–Crippen MR) is 55.8 cm³/mol. The van der Waals surface area contributed by atoms with Crippen molar-refractivity contribution in [3.8, 4) is 0 Å². The zero-order chi connectivity index (χ0) is 9.26. The van der Waals surface area contributed by atoms with E-state index in [4.69, 9.17) is 0 Å². The topological polar surface area (TPSA) is 29.1 Å². The second-order valence-corrected chi connectivity index (χ2v) is 5.17. The summed E-state index contributed by atoms with van der Waals surface area (Å²) in [6.45, 7) is 0. The van der Waals surface area contributed by atoms with Crippen LogP contribution in [0.3, 0.4) is 0 Å². The first-order valence-electron chi connectivity index (χ1n) is 5.14. The number of rotatable bonds is 3. The molecule has 0 radical (unpaired) electrons. The van der Waals surface area contributed by atoms with Crippen LogP contribution in [0.25, 0.3) is 0 Å². The van der Waals surface area contributed by atoms with Crippen molar-refractivity contribution in [1.29, 1.82) is 0 Å². The summed E-state index contributed by atoms with van der Waals surface area (Å²) in [7, 11) is 0. The Morgan fingerprint density at radius 1 is 1.31 bits per heavy atom. The van der Waals surface area contributed by atoms with Gasteiger partial charge in [-0.05, 0) is 31.9 Å². The fraction of sp³-hybridized carbons (Fsp3) is 0.900. The molecule has 0 spiro atoms. The SMILES string of the molecule is CSC1CCCC1NC(=O)C1CC1.